The first-order valence-electron chi connectivity index (χ1n) is 15.4. The Bertz CT molecular complexity index is 1270. The molecule has 4 fully saturated rings. The number of esters is 1. The highest BCUT2D eigenvalue weighted by Crippen LogP contribution is 2.74. The summed E-state index contributed by atoms with van der Waals surface area (Å²) in [6.45, 7) is 10.1. The molecule has 3 unspecified atom stereocenters. The Morgan fingerprint density at radius 2 is 1.93 bits per heavy atom. The van der Waals surface area contributed by atoms with Gasteiger partial charge in [0.25, 0.3) is 5.91 Å². The Balaban J connectivity index is 1.28. The van der Waals surface area contributed by atoms with Gasteiger partial charge in [-0.3, -0.25) is 24.0 Å². The number of fused-ring (bicyclic) bond motifs is 4. The maximum absolute atomic E-state index is 17.4. The molecule has 11 atom stereocenters. The fourth-order valence-corrected chi connectivity index (χ4v) is 8.85. The number of allylic oxidation sites excluding steroid dienone is 4. The molecule has 5 aliphatic rings. The number of hydrogen-bond acceptors (Lipinski definition) is 9. The number of aliphatic hydroxyl groups is 1. The second kappa shape index (κ2) is 10.9. The van der Waals surface area contributed by atoms with Gasteiger partial charge in [0, 0.05) is 16.7 Å². The summed E-state index contributed by atoms with van der Waals surface area (Å²) in [5.74, 6) is -3.70. The topological polar surface area (TPSA) is 154 Å². The van der Waals surface area contributed by atoms with Crippen molar-refractivity contribution in [3.8, 4) is 0 Å². The van der Waals surface area contributed by atoms with Crippen molar-refractivity contribution in [3.05, 3.63) is 23.8 Å². The Hall–Kier alpha value is -2.47. The molecule has 0 aromatic heterocycles. The van der Waals surface area contributed by atoms with Crippen LogP contribution in [0.3, 0.4) is 0 Å². The molecule has 5 rings (SSSR count). The minimum atomic E-state index is -1.99. The summed E-state index contributed by atoms with van der Waals surface area (Å²) < 4.78 is 28.9. The van der Waals surface area contributed by atoms with Gasteiger partial charge in [-0.25, -0.2) is 9.87 Å². The van der Waals surface area contributed by atoms with E-state index in [-0.39, 0.29) is 36.6 Å². The molecule has 11 heteroatoms. The maximum Gasteiger partial charge on any atom is 0.311 e. The van der Waals surface area contributed by atoms with Crippen molar-refractivity contribution in [2.24, 2.45) is 46.2 Å². The number of Topliss-reactive ketones (excluding diaryl/α,β-unsaturated/α-hetero) is 1. The van der Waals surface area contributed by atoms with Gasteiger partial charge in [-0.15, -0.1) is 0 Å². The van der Waals surface area contributed by atoms with Gasteiger partial charge in [-0.2, -0.15) is 0 Å². The van der Waals surface area contributed by atoms with E-state index in [1.165, 1.54) is 12.2 Å². The standard InChI is InChI=1S/C32H45FN2O8/c1-16(2)26(34)27(39)35-43-19(5)18(4)28(40)41-14-25(38)32-17(3)11-23-22-8-7-20-12-21(36)9-10-29(20,6)31(22,33)24(37)13-30(23,32)15-42-32/h9-10,12,16-19,22-24,26,37H,7-8,11,13-15,34H2,1-6H3,(H,35,39)/t17-,18?,19?,22+,23+,24+,26?,29+,30-,31+,32+/m1/s1. The molecule has 1 amide bonds. The molecule has 10 nitrogen and oxygen atoms in total. The van der Waals surface area contributed by atoms with Crippen LogP contribution in [0.5, 0.6) is 0 Å². The van der Waals surface area contributed by atoms with E-state index in [1.807, 2.05) is 6.92 Å². The molecule has 1 aliphatic heterocycles. The third kappa shape index (κ3) is 4.40. The lowest BCUT2D eigenvalue weighted by atomic mass is 9.43. The minimum absolute atomic E-state index is 0.0405. The van der Waals surface area contributed by atoms with Crippen molar-refractivity contribution >= 4 is 23.4 Å². The largest absolute Gasteiger partial charge is 0.457 e. The van der Waals surface area contributed by atoms with Crippen LogP contribution in [0.1, 0.15) is 67.2 Å². The van der Waals surface area contributed by atoms with Gasteiger partial charge >= 0.3 is 5.97 Å². The second-order valence-corrected chi connectivity index (χ2v) is 14.0. The molecule has 1 saturated heterocycles. The van der Waals surface area contributed by atoms with E-state index >= 15 is 4.39 Å². The van der Waals surface area contributed by atoms with Crippen molar-refractivity contribution in [2.75, 3.05) is 13.2 Å². The summed E-state index contributed by atoms with van der Waals surface area (Å²) in [6, 6.07) is -0.766. The summed E-state index contributed by atoms with van der Waals surface area (Å²) >= 11 is 0. The van der Waals surface area contributed by atoms with Crippen LogP contribution in [0.4, 0.5) is 4.39 Å². The van der Waals surface area contributed by atoms with Crippen LogP contribution in [-0.4, -0.2) is 71.3 Å². The van der Waals surface area contributed by atoms with Crippen LogP contribution in [0.15, 0.2) is 23.8 Å². The van der Waals surface area contributed by atoms with Crippen molar-refractivity contribution in [1.82, 2.24) is 5.48 Å². The fourth-order valence-electron chi connectivity index (χ4n) is 8.85. The van der Waals surface area contributed by atoms with Gasteiger partial charge in [0.1, 0.15) is 5.60 Å². The van der Waals surface area contributed by atoms with Gasteiger partial charge in [-0.05, 0) is 76.4 Å². The molecular weight excluding hydrogens is 559 g/mol. The third-order valence-electron chi connectivity index (χ3n) is 11.7. The van der Waals surface area contributed by atoms with Crippen LogP contribution in [0, 0.1) is 40.4 Å². The Morgan fingerprint density at radius 1 is 1.23 bits per heavy atom. The molecule has 0 aromatic rings. The average Bonchev–Trinajstić information content (AvgIpc) is 3.11. The van der Waals surface area contributed by atoms with Crippen molar-refractivity contribution in [2.45, 2.75) is 96.7 Å². The number of ether oxygens (including phenoxy) is 2. The molecule has 1 spiro atoms. The summed E-state index contributed by atoms with van der Waals surface area (Å²) in [6.07, 6.45) is 3.95. The van der Waals surface area contributed by atoms with E-state index in [0.717, 1.165) is 0 Å². The van der Waals surface area contributed by atoms with E-state index in [1.54, 1.807) is 40.7 Å². The zero-order chi connectivity index (χ0) is 31.7. The van der Waals surface area contributed by atoms with Gasteiger partial charge < -0.3 is 20.3 Å². The molecule has 238 valence electrons. The average molecular weight is 605 g/mol. The van der Waals surface area contributed by atoms with Crippen molar-refractivity contribution in [1.29, 1.82) is 0 Å². The number of rotatable bonds is 9. The highest BCUT2D eigenvalue weighted by Gasteiger charge is 2.81. The Morgan fingerprint density at radius 3 is 2.56 bits per heavy atom. The van der Waals surface area contributed by atoms with Gasteiger partial charge in [0.05, 0.1) is 30.8 Å². The molecule has 0 bridgehead atoms. The number of nitrogens with two attached hydrogens (primary N) is 1. The number of amides is 1. The minimum Gasteiger partial charge on any atom is -0.457 e. The summed E-state index contributed by atoms with van der Waals surface area (Å²) in [5.41, 5.74) is 3.62. The number of halogens is 1. The first-order chi connectivity index (χ1) is 20.1. The summed E-state index contributed by atoms with van der Waals surface area (Å²) in [5, 5.41) is 11.6. The number of ketones is 2. The van der Waals surface area contributed by atoms with E-state index < -0.39 is 76.5 Å². The molecule has 43 heavy (non-hydrogen) atoms. The zero-order valence-corrected chi connectivity index (χ0v) is 25.9. The van der Waals surface area contributed by atoms with Crippen LogP contribution >= 0.6 is 0 Å². The number of aliphatic hydroxyl groups excluding tert-OH is 1. The third-order valence-corrected chi connectivity index (χ3v) is 11.7. The highest BCUT2D eigenvalue weighted by molar-refractivity contribution is 6.01. The van der Waals surface area contributed by atoms with E-state index in [4.69, 9.17) is 20.0 Å². The zero-order valence-electron chi connectivity index (χ0n) is 25.9. The number of carbonyl (C=O) groups excluding carboxylic acids is 4. The molecule has 3 saturated carbocycles. The van der Waals surface area contributed by atoms with Gasteiger partial charge in [0.15, 0.2) is 18.1 Å². The second-order valence-electron chi connectivity index (χ2n) is 14.0. The number of hydroxylamine groups is 1. The quantitative estimate of drug-likeness (QED) is 0.266. The van der Waals surface area contributed by atoms with Crippen LogP contribution in [-0.2, 0) is 33.5 Å². The first kappa shape index (κ1) is 31.9. The first-order valence-corrected chi connectivity index (χ1v) is 15.4. The summed E-state index contributed by atoms with van der Waals surface area (Å²) in [4.78, 5) is 56.3. The van der Waals surface area contributed by atoms with Crippen LogP contribution in [0.25, 0.3) is 0 Å². The molecule has 4 aliphatic carbocycles. The van der Waals surface area contributed by atoms with Crippen LogP contribution in [0.2, 0.25) is 0 Å². The lowest BCUT2D eigenvalue weighted by molar-refractivity contribution is -0.310. The number of hydrogen-bond donors (Lipinski definition) is 3. The number of nitrogens with one attached hydrogen (secondary N) is 1. The van der Waals surface area contributed by atoms with Crippen molar-refractivity contribution < 1.29 is 43.0 Å². The normalized spacial score (nSPS) is 41.4. The van der Waals surface area contributed by atoms with Crippen LogP contribution < -0.4 is 11.2 Å². The lowest BCUT2D eigenvalue weighted by Crippen LogP contribution is -2.76. The molecule has 1 heterocycles. The monoisotopic (exact) mass is 604 g/mol. The lowest BCUT2D eigenvalue weighted by Gasteiger charge is -2.67. The fraction of sp³-hybridized carbons (Fsp3) is 0.750. The Kier molecular flexibility index (Phi) is 8.06. The molecule has 0 aromatic carbocycles. The number of carbonyl (C=O) groups is 4. The smallest absolute Gasteiger partial charge is 0.311 e. The van der Waals surface area contributed by atoms with Crippen molar-refractivity contribution in [3.63, 3.8) is 0 Å². The molecule has 0 radical (unpaired) electrons. The van der Waals surface area contributed by atoms with E-state index in [9.17, 15) is 24.3 Å². The SMILES string of the molecule is CC(C)C(N)C(=O)NOC(C)C(C)C(=O)OCC(=O)[C@]12OC[C@@]13C[C@H](O)[C@@]1(F)[C@@H](CCC4=CC(=O)C=C[C@@]41C)[C@@H]3C[C@H]2C. The predicted molar refractivity (Wildman–Crippen MR) is 153 cm³/mol. The molecule has 4 N–H and O–H groups in total. The van der Waals surface area contributed by atoms with Gasteiger partial charge in [0.2, 0.25) is 5.78 Å². The number of alkyl halides is 1. The summed E-state index contributed by atoms with van der Waals surface area (Å²) in [7, 11) is 0. The molecular formula is C32H45FN2O8. The van der Waals surface area contributed by atoms with E-state index in [0.29, 0.717) is 24.8 Å². The predicted octanol–water partition coefficient (Wildman–Crippen LogP) is 2.52. The highest BCUT2D eigenvalue weighted by atomic mass is 19.1. The Labute approximate surface area is 251 Å². The van der Waals surface area contributed by atoms with E-state index in [2.05, 4.69) is 5.48 Å². The van der Waals surface area contributed by atoms with Gasteiger partial charge in [-0.1, -0.05) is 32.4 Å². The maximum atomic E-state index is 17.4.